The average Bonchev–Trinajstić information content (AvgIpc) is 2.25. The van der Waals surface area contributed by atoms with Gasteiger partial charge in [-0.2, -0.15) is 0 Å². The lowest BCUT2D eigenvalue weighted by Gasteiger charge is -2.26. The van der Waals surface area contributed by atoms with Crippen LogP contribution in [-0.4, -0.2) is 38.3 Å². The number of hydrogen-bond acceptors (Lipinski definition) is 3. The highest BCUT2D eigenvalue weighted by Gasteiger charge is 2.20. The lowest BCUT2D eigenvalue weighted by molar-refractivity contribution is -0.122. The van der Waals surface area contributed by atoms with E-state index in [9.17, 15) is 4.79 Å². The molecular formula is C12H22N2O2. The van der Waals surface area contributed by atoms with E-state index >= 15 is 0 Å². The van der Waals surface area contributed by atoms with E-state index in [0.29, 0.717) is 18.4 Å². The second kappa shape index (κ2) is 6.21. The molecule has 0 radical (unpaired) electrons. The second-order valence-corrected chi connectivity index (χ2v) is 4.86. The molecule has 2 saturated heterocycles. The van der Waals surface area contributed by atoms with E-state index in [4.69, 9.17) is 4.74 Å². The standard InChI is InChI=1S/C12H22N2O2/c15-12(7-10-8-13-9-10)14-5-4-11-3-1-2-6-16-11/h10-11,13H,1-9H2,(H,14,15). The molecule has 0 aliphatic carbocycles. The van der Waals surface area contributed by atoms with Gasteiger partial charge in [-0.3, -0.25) is 4.79 Å². The summed E-state index contributed by atoms with van der Waals surface area (Å²) >= 11 is 0. The Balaban J connectivity index is 1.51. The van der Waals surface area contributed by atoms with Crippen LogP contribution in [0.15, 0.2) is 0 Å². The Labute approximate surface area is 97.1 Å². The number of ether oxygens (including phenoxy) is 1. The predicted octanol–water partition coefficient (Wildman–Crippen LogP) is 0.671. The van der Waals surface area contributed by atoms with Crippen molar-refractivity contribution < 1.29 is 9.53 Å². The molecule has 0 aromatic carbocycles. The molecule has 0 bridgehead atoms. The number of nitrogens with one attached hydrogen (secondary N) is 2. The van der Waals surface area contributed by atoms with E-state index in [2.05, 4.69) is 10.6 Å². The highest BCUT2D eigenvalue weighted by atomic mass is 16.5. The zero-order valence-corrected chi connectivity index (χ0v) is 9.84. The maximum absolute atomic E-state index is 11.5. The van der Waals surface area contributed by atoms with Crippen molar-refractivity contribution in [2.45, 2.75) is 38.2 Å². The Morgan fingerprint density at radius 1 is 1.38 bits per heavy atom. The molecule has 0 spiro atoms. The van der Waals surface area contributed by atoms with Crippen LogP contribution in [0.3, 0.4) is 0 Å². The normalized spacial score (nSPS) is 26.1. The third kappa shape index (κ3) is 3.76. The minimum Gasteiger partial charge on any atom is -0.378 e. The molecule has 4 heteroatoms. The first-order chi connectivity index (χ1) is 7.84. The fraction of sp³-hybridized carbons (Fsp3) is 0.917. The average molecular weight is 226 g/mol. The third-order valence-electron chi connectivity index (χ3n) is 3.40. The largest absolute Gasteiger partial charge is 0.378 e. The van der Waals surface area contributed by atoms with Crippen molar-refractivity contribution >= 4 is 5.91 Å². The van der Waals surface area contributed by atoms with E-state index in [1.165, 1.54) is 12.8 Å². The van der Waals surface area contributed by atoms with Crippen molar-refractivity contribution in [1.29, 1.82) is 0 Å². The molecular weight excluding hydrogens is 204 g/mol. The molecule has 0 saturated carbocycles. The van der Waals surface area contributed by atoms with Gasteiger partial charge in [-0.25, -0.2) is 0 Å². The zero-order chi connectivity index (χ0) is 11.2. The molecule has 92 valence electrons. The first-order valence-corrected chi connectivity index (χ1v) is 6.43. The van der Waals surface area contributed by atoms with Gasteiger partial charge in [-0.05, 0) is 44.7 Å². The van der Waals surface area contributed by atoms with Crippen molar-refractivity contribution in [3.8, 4) is 0 Å². The van der Waals surface area contributed by atoms with E-state index in [1.54, 1.807) is 0 Å². The van der Waals surface area contributed by atoms with Crippen LogP contribution in [0.5, 0.6) is 0 Å². The Bertz CT molecular complexity index is 223. The van der Waals surface area contributed by atoms with Crippen molar-refractivity contribution in [3.63, 3.8) is 0 Å². The first kappa shape index (κ1) is 11.9. The maximum Gasteiger partial charge on any atom is 0.220 e. The topological polar surface area (TPSA) is 50.4 Å². The van der Waals surface area contributed by atoms with E-state index in [1.807, 2.05) is 0 Å². The maximum atomic E-state index is 11.5. The molecule has 2 N–H and O–H groups in total. The van der Waals surface area contributed by atoms with Gasteiger partial charge in [0.2, 0.25) is 5.91 Å². The second-order valence-electron chi connectivity index (χ2n) is 4.86. The van der Waals surface area contributed by atoms with E-state index in [-0.39, 0.29) is 5.91 Å². The minimum absolute atomic E-state index is 0.197. The van der Waals surface area contributed by atoms with Crippen LogP contribution in [-0.2, 0) is 9.53 Å². The van der Waals surface area contributed by atoms with Gasteiger partial charge < -0.3 is 15.4 Å². The summed E-state index contributed by atoms with van der Waals surface area (Å²) in [6, 6.07) is 0. The van der Waals surface area contributed by atoms with Crippen LogP contribution in [0.25, 0.3) is 0 Å². The van der Waals surface area contributed by atoms with Gasteiger partial charge in [0, 0.05) is 19.6 Å². The highest BCUT2D eigenvalue weighted by Crippen LogP contribution is 2.15. The molecule has 0 aromatic heterocycles. The van der Waals surface area contributed by atoms with Crippen LogP contribution in [0.1, 0.15) is 32.1 Å². The van der Waals surface area contributed by atoms with Gasteiger partial charge in [-0.15, -0.1) is 0 Å². The molecule has 2 rings (SSSR count). The summed E-state index contributed by atoms with van der Waals surface area (Å²) in [6.45, 7) is 3.66. The summed E-state index contributed by atoms with van der Waals surface area (Å²) < 4.78 is 5.61. The van der Waals surface area contributed by atoms with Crippen molar-refractivity contribution in [2.75, 3.05) is 26.2 Å². The third-order valence-corrected chi connectivity index (χ3v) is 3.40. The minimum atomic E-state index is 0.197. The summed E-state index contributed by atoms with van der Waals surface area (Å²) in [5, 5.41) is 6.16. The Morgan fingerprint density at radius 3 is 2.88 bits per heavy atom. The van der Waals surface area contributed by atoms with Crippen LogP contribution in [0.2, 0.25) is 0 Å². The Kier molecular flexibility index (Phi) is 4.60. The molecule has 2 fully saturated rings. The van der Waals surface area contributed by atoms with Gasteiger partial charge in [-0.1, -0.05) is 0 Å². The fourth-order valence-corrected chi connectivity index (χ4v) is 2.23. The molecule has 1 amide bonds. The summed E-state index contributed by atoms with van der Waals surface area (Å²) in [5.74, 6) is 0.758. The molecule has 1 atom stereocenters. The SMILES string of the molecule is O=C(CC1CNC1)NCCC1CCCCO1. The van der Waals surface area contributed by atoms with Gasteiger partial charge in [0.15, 0.2) is 0 Å². The Morgan fingerprint density at radius 2 is 2.25 bits per heavy atom. The van der Waals surface area contributed by atoms with Gasteiger partial charge >= 0.3 is 0 Å². The number of amides is 1. The highest BCUT2D eigenvalue weighted by molar-refractivity contribution is 5.76. The number of hydrogen-bond donors (Lipinski definition) is 2. The van der Waals surface area contributed by atoms with Crippen LogP contribution >= 0.6 is 0 Å². The lowest BCUT2D eigenvalue weighted by atomic mass is 9.99. The quantitative estimate of drug-likeness (QED) is 0.724. The summed E-state index contributed by atoms with van der Waals surface area (Å²) in [5.41, 5.74) is 0. The first-order valence-electron chi connectivity index (χ1n) is 6.43. The van der Waals surface area contributed by atoms with Gasteiger partial charge in [0.25, 0.3) is 0 Å². The molecule has 2 aliphatic rings. The smallest absolute Gasteiger partial charge is 0.220 e. The number of carbonyl (C=O) groups excluding carboxylic acids is 1. The van der Waals surface area contributed by atoms with Crippen LogP contribution in [0, 0.1) is 5.92 Å². The fourth-order valence-electron chi connectivity index (χ4n) is 2.23. The molecule has 2 aliphatic heterocycles. The molecule has 4 nitrogen and oxygen atoms in total. The van der Waals surface area contributed by atoms with Crippen LogP contribution < -0.4 is 10.6 Å². The number of rotatable bonds is 5. The predicted molar refractivity (Wildman–Crippen MR) is 62.2 cm³/mol. The molecule has 16 heavy (non-hydrogen) atoms. The zero-order valence-electron chi connectivity index (χ0n) is 9.84. The van der Waals surface area contributed by atoms with Crippen molar-refractivity contribution in [2.24, 2.45) is 5.92 Å². The van der Waals surface area contributed by atoms with Crippen molar-refractivity contribution in [1.82, 2.24) is 10.6 Å². The van der Waals surface area contributed by atoms with Gasteiger partial charge in [0.05, 0.1) is 6.10 Å². The molecule has 0 aromatic rings. The molecule has 1 unspecified atom stereocenters. The van der Waals surface area contributed by atoms with E-state index in [0.717, 1.165) is 39.1 Å². The van der Waals surface area contributed by atoms with Crippen molar-refractivity contribution in [3.05, 3.63) is 0 Å². The van der Waals surface area contributed by atoms with E-state index < -0.39 is 0 Å². The van der Waals surface area contributed by atoms with Gasteiger partial charge in [0.1, 0.15) is 0 Å². The summed E-state index contributed by atoms with van der Waals surface area (Å²) in [7, 11) is 0. The monoisotopic (exact) mass is 226 g/mol. The number of carbonyl (C=O) groups is 1. The molecule has 2 heterocycles. The summed E-state index contributed by atoms with van der Waals surface area (Å²) in [6.07, 6.45) is 5.64. The Hall–Kier alpha value is -0.610. The van der Waals surface area contributed by atoms with Crippen LogP contribution in [0.4, 0.5) is 0 Å². The summed E-state index contributed by atoms with van der Waals surface area (Å²) in [4.78, 5) is 11.5. The lowest BCUT2D eigenvalue weighted by Crippen LogP contribution is -2.44.